The second kappa shape index (κ2) is 8.14. The van der Waals surface area contributed by atoms with Gasteiger partial charge in [-0.2, -0.15) is 4.39 Å². The monoisotopic (exact) mass is 468 g/mol. The molecule has 1 aliphatic carbocycles. The number of piperidine rings is 1. The number of halogens is 1. The number of nitrogens with zero attached hydrogens (tertiary/aromatic N) is 2. The minimum Gasteiger partial charge on any atom is -0.341 e. The van der Waals surface area contributed by atoms with Gasteiger partial charge in [-0.1, -0.05) is 55.5 Å². The maximum atomic E-state index is 14.6. The van der Waals surface area contributed by atoms with E-state index in [-0.39, 0.29) is 12.0 Å². The summed E-state index contributed by atoms with van der Waals surface area (Å²) in [7, 11) is 0. The first-order valence-electron chi connectivity index (χ1n) is 12.6. The van der Waals surface area contributed by atoms with Crippen LogP contribution < -0.4 is 10.6 Å². The maximum Gasteiger partial charge on any atom is 0.219 e. The van der Waals surface area contributed by atoms with E-state index in [2.05, 4.69) is 61.8 Å². The van der Waals surface area contributed by atoms with Gasteiger partial charge in [0.2, 0.25) is 5.95 Å². The minimum atomic E-state index is -0.360. The van der Waals surface area contributed by atoms with Gasteiger partial charge in [0.1, 0.15) is 17.3 Å². The molecule has 5 unspecified atom stereocenters. The average molecular weight is 469 g/mol. The van der Waals surface area contributed by atoms with Gasteiger partial charge >= 0.3 is 0 Å². The zero-order valence-electron chi connectivity index (χ0n) is 19.7. The van der Waals surface area contributed by atoms with Crippen LogP contribution >= 0.6 is 0 Å². The summed E-state index contributed by atoms with van der Waals surface area (Å²) in [5, 5.41) is 7.06. The van der Waals surface area contributed by atoms with E-state index in [1.807, 2.05) is 30.5 Å². The molecule has 4 heterocycles. The summed E-state index contributed by atoms with van der Waals surface area (Å²) in [6.07, 6.45) is 5.32. The smallest absolute Gasteiger partial charge is 0.219 e. The SMILES string of the molecule is CC1CNC(c2ncc(-c3ccc(-c4ccc(-c5nc(C6CC7CC7N6)[nH]c5F)cc4)cc3)[nH]2)C1. The summed E-state index contributed by atoms with van der Waals surface area (Å²) < 4.78 is 14.6. The number of hydrogen-bond donors (Lipinski definition) is 4. The summed E-state index contributed by atoms with van der Waals surface area (Å²) in [4.78, 5) is 15.5. The lowest BCUT2D eigenvalue weighted by atomic mass is 10.0. The number of imidazole rings is 2. The molecule has 4 N–H and O–H groups in total. The maximum absolute atomic E-state index is 14.6. The van der Waals surface area contributed by atoms with Crippen molar-refractivity contribution < 1.29 is 4.39 Å². The van der Waals surface area contributed by atoms with Crippen molar-refractivity contribution in [2.75, 3.05) is 6.54 Å². The number of rotatable bonds is 5. The van der Waals surface area contributed by atoms with E-state index in [1.165, 1.54) is 6.42 Å². The van der Waals surface area contributed by atoms with Crippen molar-refractivity contribution in [2.45, 2.75) is 44.3 Å². The minimum absolute atomic E-state index is 0.142. The van der Waals surface area contributed by atoms with Crippen molar-refractivity contribution in [1.82, 2.24) is 30.6 Å². The first kappa shape index (κ1) is 21.0. The fraction of sp³-hybridized carbons (Fsp3) is 0.357. The fourth-order valence-electron chi connectivity index (χ4n) is 5.70. The first-order valence-corrected chi connectivity index (χ1v) is 12.6. The number of aromatic nitrogens is 4. The van der Waals surface area contributed by atoms with Crippen LogP contribution in [0.1, 0.15) is 49.9 Å². The predicted octanol–water partition coefficient (Wildman–Crippen LogP) is 5.37. The van der Waals surface area contributed by atoms with Crippen molar-refractivity contribution >= 4 is 0 Å². The van der Waals surface area contributed by atoms with E-state index < -0.39 is 0 Å². The molecule has 35 heavy (non-hydrogen) atoms. The van der Waals surface area contributed by atoms with E-state index in [0.29, 0.717) is 29.5 Å². The fourth-order valence-corrected chi connectivity index (χ4v) is 5.70. The first-order chi connectivity index (χ1) is 17.1. The molecular weight excluding hydrogens is 439 g/mol. The number of hydrogen-bond acceptors (Lipinski definition) is 4. The predicted molar refractivity (Wildman–Crippen MR) is 134 cm³/mol. The number of benzene rings is 2. The molecule has 7 heteroatoms. The molecule has 4 aromatic rings. The van der Waals surface area contributed by atoms with Gasteiger partial charge in [0.05, 0.1) is 24.0 Å². The van der Waals surface area contributed by atoms with Crippen LogP contribution in [0.15, 0.2) is 54.7 Å². The third kappa shape index (κ3) is 3.89. The summed E-state index contributed by atoms with van der Waals surface area (Å²) in [5.41, 5.74) is 5.52. The lowest BCUT2D eigenvalue weighted by Gasteiger charge is -2.09. The molecule has 0 spiro atoms. The Balaban J connectivity index is 1.07. The molecule has 178 valence electrons. The van der Waals surface area contributed by atoms with Crippen LogP contribution in [0.5, 0.6) is 0 Å². The lowest BCUT2D eigenvalue weighted by molar-refractivity contribution is 0.528. The zero-order valence-corrected chi connectivity index (χ0v) is 19.7. The molecule has 6 nitrogen and oxygen atoms in total. The van der Waals surface area contributed by atoms with Crippen molar-refractivity contribution in [3.8, 4) is 33.6 Å². The molecule has 0 radical (unpaired) electrons. The second-order valence-electron chi connectivity index (χ2n) is 10.5. The number of aromatic amines is 2. The van der Waals surface area contributed by atoms with E-state index in [4.69, 9.17) is 0 Å². The Hall–Kier alpha value is -3.29. The van der Waals surface area contributed by atoms with Crippen molar-refractivity contribution in [3.63, 3.8) is 0 Å². The van der Waals surface area contributed by atoms with Gasteiger partial charge in [0, 0.05) is 11.6 Å². The normalized spacial score (nSPS) is 27.3. The molecule has 0 bridgehead atoms. The van der Waals surface area contributed by atoms with Gasteiger partial charge in [-0.05, 0) is 54.3 Å². The van der Waals surface area contributed by atoms with E-state index >= 15 is 0 Å². The van der Waals surface area contributed by atoms with Crippen LogP contribution in [0.4, 0.5) is 4.39 Å². The van der Waals surface area contributed by atoms with Gasteiger partial charge < -0.3 is 20.6 Å². The summed E-state index contributed by atoms with van der Waals surface area (Å²) in [6.45, 7) is 3.31. The average Bonchev–Trinajstić information content (AvgIpc) is 3.39. The number of H-pyrrole nitrogens is 2. The molecule has 7 rings (SSSR count). The largest absolute Gasteiger partial charge is 0.341 e. The van der Waals surface area contributed by atoms with Crippen LogP contribution in [0.25, 0.3) is 33.6 Å². The molecule has 5 atom stereocenters. The van der Waals surface area contributed by atoms with Crippen molar-refractivity contribution in [2.24, 2.45) is 11.8 Å². The molecule has 2 aromatic carbocycles. The van der Waals surface area contributed by atoms with Crippen molar-refractivity contribution in [1.29, 1.82) is 0 Å². The van der Waals surface area contributed by atoms with Gasteiger partial charge in [-0.15, -0.1) is 0 Å². The molecule has 3 fully saturated rings. The molecule has 1 saturated carbocycles. The van der Waals surface area contributed by atoms with E-state index in [9.17, 15) is 4.39 Å². The van der Waals surface area contributed by atoms with Crippen LogP contribution in [0.3, 0.4) is 0 Å². The standard InChI is InChI=1S/C28H29FN6/c1-15-10-22(30-13-15)27-31-14-24(33-27)18-6-2-16(3-7-18)17-4-8-19(9-5-17)25-26(29)35-28(34-25)23-12-20-11-21(20)32-23/h2-9,14-15,20-23,30,32H,10-13H2,1H3,(H,31,33)(H,34,35). The van der Waals surface area contributed by atoms with Crippen LogP contribution in [0, 0.1) is 17.8 Å². The summed E-state index contributed by atoms with van der Waals surface area (Å²) >= 11 is 0. The molecule has 2 saturated heterocycles. The highest BCUT2D eigenvalue weighted by atomic mass is 19.1. The third-order valence-electron chi connectivity index (χ3n) is 7.85. The Morgan fingerprint density at radius 2 is 1.51 bits per heavy atom. The third-order valence-corrected chi connectivity index (χ3v) is 7.85. The Labute approximate surface area is 203 Å². The van der Waals surface area contributed by atoms with Crippen LogP contribution in [0.2, 0.25) is 0 Å². The highest BCUT2D eigenvalue weighted by molar-refractivity contribution is 5.71. The highest BCUT2D eigenvalue weighted by Crippen LogP contribution is 2.45. The van der Waals surface area contributed by atoms with Gasteiger partial charge in [-0.25, -0.2) is 9.97 Å². The molecule has 3 aliphatic rings. The number of nitrogens with one attached hydrogen (secondary N) is 4. The summed E-state index contributed by atoms with van der Waals surface area (Å²) in [5.74, 6) is 2.79. The Bertz CT molecular complexity index is 1350. The molecule has 2 aliphatic heterocycles. The quantitative estimate of drug-likeness (QED) is 0.318. The van der Waals surface area contributed by atoms with E-state index in [1.54, 1.807) is 0 Å². The zero-order chi connectivity index (χ0) is 23.5. The van der Waals surface area contributed by atoms with Gasteiger partial charge in [0.25, 0.3) is 0 Å². The van der Waals surface area contributed by atoms with Crippen molar-refractivity contribution in [3.05, 3.63) is 72.3 Å². The lowest BCUT2D eigenvalue weighted by Crippen LogP contribution is -2.18. The van der Waals surface area contributed by atoms with E-state index in [0.717, 1.165) is 59.1 Å². The van der Waals surface area contributed by atoms with Crippen LogP contribution in [-0.4, -0.2) is 32.5 Å². The van der Waals surface area contributed by atoms with Crippen LogP contribution in [-0.2, 0) is 0 Å². The van der Waals surface area contributed by atoms with Gasteiger partial charge in [0.15, 0.2) is 0 Å². The molecule has 2 aromatic heterocycles. The Morgan fingerprint density at radius 3 is 2.17 bits per heavy atom. The highest BCUT2D eigenvalue weighted by Gasteiger charge is 2.47. The number of fused-ring (bicyclic) bond motifs is 1. The molecular formula is C28H29FN6. The second-order valence-corrected chi connectivity index (χ2v) is 10.5. The Kier molecular flexibility index (Phi) is 4.89. The Morgan fingerprint density at radius 1 is 0.800 bits per heavy atom. The molecule has 0 amide bonds. The van der Waals surface area contributed by atoms with Gasteiger partial charge in [-0.3, -0.25) is 0 Å². The topological polar surface area (TPSA) is 81.4 Å². The summed E-state index contributed by atoms with van der Waals surface area (Å²) in [6, 6.07) is 17.5.